The first-order valence-electron chi connectivity index (χ1n) is 10.8. The van der Waals surface area contributed by atoms with Gasteiger partial charge in [-0.1, -0.05) is 29.4 Å². The highest BCUT2D eigenvalue weighted by molar-refractivity contribution is 6.01. The number of rotatable bonds is 7. The van der Waals surface area contributed by atoms with Gasteiger partial charge in [0.15, 0.2) is 6.10 Å². The maximum absolute atomic E-state index is 14.4. The van der Waals surface area contributed by atoms with Crippen molar-refractivity contribution in [2.24, 2.45) is 5.16 Å². The lowest BCUT2D eigenvalue weighted by Gasteiger charge is -2.25. The van der Waals surface area contributed by atoms with Gasteiger partial charge in [-0.15, -0.1) is 0 Å². The molecule has 0 saturated heterocycles. The first-order chi connectivity index (χ1) is 16.7. The van der Waals surface area contributed by atoms with Gasteiger partial charge in [0.2, 0.25) is 0 Å². The molecule has 3 aromatic carbocycles. The number of amides is 1. The van der Waals surface area contributed by atoms with Crippen molar-refractivity contribution >= 4 is 11.6 Å². The Labute approximate surface area is 199 Å². The predicted molar refractivity (Wildman–Crippen MR) is 122 cm³/mol. The molecule has 1 unspecified atom stereocenters. The molecule has 1 aliphatic heterocycles. The highest BCUT2D eigenvalue weighted by atomic mass is 19.4. The van der Waals surface area contributed by atoms with Crippen LogP contribution >= 0.6 is 0 Å². The summed E-state index contributed by atoms with van der Waals surface area (Å²) in [6, 6.07) is 17.4. The molecule has 0 aromatic heterocycles. The second-order valence-electron chi connectivity index (χ2n) is 8.06. The third-order valence-corrected chi connectivity index (χ3v) is 5.60. The van der Waals surface area contributed by atoms with E-state index in [-0.39, 0.29) is 24.2 Å². The third-order valence-electron chi connectivity index (χ3n) is 5.60. The van der Waals surface area contributed by atoms with Crippen molar-refractivity contribution in [3.8, 4) is 5.75 Å². The van der Waals surface area contributed by atoms with Crippen molar-refractivity contribution in [3.63, 3.8) is 0 Å². The van der Waals surface area contributed by atoms with Crippen molar-refractivity contribution < 1.29 is 31.9 Å². The number of benzene rings is 3. The zero-order chi connectivity index (χ0) is 25.0. The van der Waals surface area contributed by atoms with Gasteiger partial charge in [0.25, 0.3) is 5.91 Å². The molecule has 5 nitrogen and oxygen atoms in total. The Hall–Kier alpha value is -3.88. The van der Waals surface area contributed by atoms with Gasteiger partial charge in [-0.3, -0.25) is 4.79 Å². The lowest BCUT2D eigenvalue weighted by molar-refractivity contribution is -0.137. The Morgan fingerprint density at radius 2 is 1.83 bits per heavy atom. The molecule has 0 N–H and O–H groups in total. The van der Waals surface area contributed by atoms with Gasteiger partial charge in [0.05, 0.1) is 30.5 Å². The molecule has 0 fully saturated rings. The number of oxime groups is 1. The Morgan fingerprint density at radius 3 is 2.51 bits per heavy atom. The summed E-state index contributed by atoms with van der Waals surface area (Å²) in [4.78, 5) is 20.0. The van der Waals surface area contributed by atoms with Gasteiger partial charge < -0.3 is 14.5 Å². The minimum Gasteiger partial charge on any atom is -0.497 e. The van der Waals surface area contributed by atoms with Crippen LogP contribution in [-0.2, 0) is 17.6 Å². The number of carbonyl (C=O) groups is 1. The Morgan fingerprint density at radius 1 is 1.09 bits per heavy atom. The summed E-state index contributed by atoms with van der Waals surface area (Å²) in [5.74, 6) is -0.677. The first kappa shape index (κ1) is 24.3. The molecular weight excluding hydrogens is 464 g/mol. The summed E-state index contributed by atoms with van der Waals surface area (Å²) < 4.78 is 59.1. The number of carbonyl (C=O) groups excluding carboxylic acids is 1. The molecule has 1 aliphatic rings. The van der Waals surface area contributed by atoms with E-state index in [1.54, 1.807) is 19.2 Å². The third kappa shape index (κ3) is 5.79. The maximum atomic E-state index is 14.4. The second-order valence-corrected chi connectivity index (χ2v) is 8.06. The van der Waals surface area contributed by atoms with E-state index in [1.807, 2.05) is 12.1 Å². The second kappa shape index (κ2) is 10.2. The van der Waals surface area contributed by atoms with Gasteiger partial charge in [-0.2, -0.15) is 13.2 Å². The molecule has 0 bridgehead atoms. The minimum atomic E-state index is -4.52. The standard InChI is InChI=1S/C26H22F4N2O3/c1-34-20-11-9-18(10-12-20)24-14-21(35-31-24)16-32(25(33)22-7-2-3-8-23(22)27)15-17-5-4-6-19(13-17)26(28,29)30/h2-13,21H,14-16H2,1H3. The number of nitrogens with zero attached hydrogens (tertiary/aromatic N) is 2. The molecule has 0 aliphatic carbocycles. The number of hydrogen-bond acceptors (Lipinski definition) is 4. The smallest absolute Gasteiger partial charge is 0.416 e. The van der Waals surface area contributed by atoms with E-state index < -0.39 is 29.6 Å². The van der Waals surface area contributed by atoms with E-state index in [0.717, 1.165) is 23.8 Å². The normalized spacial score (nSPS) is 15.3. The topological polar surface area (TPSA) is 51.1 Å². The minimum absolute atomic E-state index is 0.00652. The van der Waals surface area contributed by atoms with Crippen LogP contribution in [0, 0.1) is 5.82 Å². The van der Waals surface area contributed by atoms with E-state index in [1.165, 1.54) is 35.2 Å². The van der Waals surface area contributed by atoms with Crippen LogP contribution in [0.1, 0.15) is 33.5 Å². The molecular formula is C26H22F4N2O3. The van der Waals surface area contributed by atoms with Gasteiger partial charge >= 0.3 is 6.18 Å². The Balaban J connectivity index is 1.54. The molecule has 0 radical (unpaired) electrons. The Bertz CT molecular complexity index is 1230. The number of halogens is 4. The number of alkyl halides is 3. The molecule has 9 heteroatoms. The number of ether oxygens (including phenoxy) is 1. The molecule has 3 aromatic rings. The highest BCUT2D eigenvalue weighted by Gasteiger charge is 2.32. The average Bonchev–Trinajstić information content (AvgIpc) is 3.32. The van der Waals surface area contributed by atoms with Crippen LogP contribution in [0.2, 0.25) is 0 Å². The van der Waals surface area contributed by atoms with Crippen LogP contribution in [0.3, 0.4) is 0 Å². The van der Waals surface area contributed by atoms with Crippen LogP contribution in [0.5, 0.6) is 5.75 Å². The molecule has 1 amide bonds. The van der Waals surface area contributed by atoms with Crippen molar-refractivity contribution in [3.05, 3.63) is 101 Å². The monoisotopic (exact) mass is 486 g/mol. The van der Waals surface area contributed by atoms with Crippen molar-refractivity contribution in [1.29, 1.82) is 0 Å². The summed E-state index contributed by atoms with van der Waals surface area (Å²) in [5.41, 5.74) is 0.747. The molecule has 0 spiro atoms. The van der Waals surface area contributed by atoms with Crippen LogP contribution in [0.4, 0.5) is 17.6 Å². The quantitative estimate of drug-likeness (QED) is 0.404. The van der Waals surface area contributed by atoms with Crippen LogP contribution in [0.25, 0.3) is 0 Å². The fourth-order valence-corrected chi connectivity index (χ4v) is 3.82. The Kier molecular flexibility index (Phi) is 7.04. The van der Waals surface area contributed by atoms with Gasteiger partial charge in [0, 0.05) is 13.0 Å². The molecule has 1 heterocycles. The van der Waals surface area contributed by atoms with E-state index in [4.69, 9.17) is 9.57 Å². The molecule has 182 valence electrons. The molecule has 0 saturated carbocycles. The van der Waals surface area contributed by atoms with Crippen LogP contribution in [0.15, 0.2) is 78.0 Å². The summed E-state index contributed by atoms with van der Waals surface area (Å²) >= 11 is 0. The SMILES string of the molecule is COc1ccc(C2=NOC(CN(Cc3cccc(C(F)(F)F)c3)C(=O)c3ccccc3F)C2)cc1. The van der Waals surface area contributed by atoms with Gasteiger partial charge in [-0.25, -0.2) is 4.39 Å². The average molecular weight is 486 g/mol. The fraction of sp³-hybridized carbons (Fsp3) is 0.231. The highest BCUT2D eigenvalue weighted by Crippen LogP contribution is 2.30. The summed E-state index contributed by atoms with van der Waals surface area (Å²) in [5, 5.41) is 4.11. The van der Waals surface area contributed by atoms with Crippen molar-refractivity contribution in [2.75, 3.05) is 13.7 Å². The summed E-state index contributed by atoms with van der Waals surface area (Å²) in [6.45, 7) is -0.151. The van der Waals surface area contributed by atoms with E-state index >= 15 is 0 Å². The molecule has 35 heavy (non-hydrogen) atoms. The predicted octanol–water partition coefficient (Wildman–Crippen LogP) is 5.69. The molecule has 1 atom stereocenters. The van der Waals surface area contributed by atoms with Crippen molar-refractivity contribution in [2.45, 2.75) is 25.2 Å². The van der Waals surface area contributed by atoms with E-state index in [2.05, 4.69) is 5.16 Å². The maximum Gasteiger partial charge on any atom is 0.416 e. The number of hydrogen-bond donors (Lipinski definition) is 0. The zero-order valence-corrected chi connectivity index (χ0v) is 18.8. The summed E-state index contributed by atoms with van der Waals surface area (Å²) in [6.07, 6.45) is -4.70. The van der Waals surface area contributed by atoms with Crippen LogP contribution in [-0.4, -0.2) is 36.3 Å². The van der Waals surface area contributed by atoms with Gasteiger partial charge in [-0.05, 0) is 59.7 Å². The summed E-state index contributed by atoms with van der Waals surface area (Å²) in [7, 11) is 1.56. The zero-order valence-electron chi connectivity index (χ0n) is 18.8. The largest absolute Gasteiger partial charge is 0.497 e. The van der Waals surface area contributed by atoms with E-state index in [0.29, 0.717) is 17.9 Å². The lowest BCUT2D eigenvalue weighted by Crippen LogP contribution is -2.37. The van der Waals surface area contributed by atoms with Gasteiger partial charge in [0.1, 0.15) is 11.6 Å². The van der Waals surface area contributed by atoms with E-state index in [9.17, 15) is 22.4 Å². The number of methoxy groups -OCH3 is 1. The first-order valence-corrected chi connectivity index (χ1v) is 10.8. The fourth-order valence-electron chi connectivity index (χ4n) is 3.82. The molecule has 4 rings (SSSR count). The van der Waals surface area contributed by atoms with Crippen molar-refractivity contribution in [1.82, 2.24) is 4.90 Å². The lowest BCUT2D eigenvalue weighted by atomic mass is 10.0. The van der Waals surface area contributed by atoms with Crippen LogP contribution < -0.4 is 4.74 Å².